The number of hydrogen-bond acceptors (Lipinski definition) is 3. The fourth-order valence-corrected chi connectivity index (χ4v) is 3.41. The molecular weight excluding hydrogens is 423 g/mol. The van der Waals surface area contributed by atoms with Crippen LogP contribution >= 0.6 is 43.5 Å². The Morgan fingerprint density at radius 2 is 1.95 bits per heavy atom. The van der Waals surface area contributed by atoms with E-state index in [0.717, 1.165) is 14.5 Å². The molecule has 0 bridgehead atoms. The van der Waals surface area contributed by atoms with Crippen molar-refractivity contribution >= 4 is 49.4 Å². The molecule has 0 fully saturated rings. The third-order valence-electron chi connectivity index (χ3n) is 2.59. The van der Waals surface area contributed by atoms with Gasteiger partial charge in [-0.05, 0) is 52.7 Å². The van der Waals surface area contributed by atoms with Gasteiger partial charge in [-0.3, -0.25) is 0 Å². The van der Waals surface area contributed by atoms with Crippen molar-refractivity contribution in [1.82, 2.24) is 0 Å². The van der Waals surface area contributed by atoms with Crippen LogP contribution in [0.3, 0.4) is 0 Å². The summed E-state index contributed by atoms with van der Waals surface area (Å²) in [6, 6.07) is 10.5. The summed E-state index contributed by atoms with van der Waals surface area (Å²) in [6.45, 7) is 1.69. The first-order chi connectivity index (χ1) is 9.97. The summed E-state index contributed by atoms with van der Waals surface area (Å²) in [7, 11) is 0. The first-order valence-electron chi connectivity index (χ1n) is 6.01. The third-order valence-corrected chi connectivity index (χ3v) is 3.95. The largest absolute Gasteiger partial charge is 0.480 e. The minimum Gasteiger partial charge on any atom is -0.480 e. The summed E-state index contributed by atoms with van der Waals surface area (Å²) in [5, 5.41) is 0.381. The Hall–Kier alpha value is -1.04. The minimum absolute atomic E-state index is 0.202. The maximum atomic E-state index is 11.8. The van der Waals surface area contributed by atoms with Crippen molar-refractivity contribution < 1.29 is 14.3 Å². The Morgan fingerprint density at radius 1 is 1.24 bits per heavy atom. The predicted octanol–water partition coefficient (Wildman–Crippen LogP) is 5.16. The molecule has 0 aliphatic carbocycles. The van der Waals surface area contributed by atoms with E-state index in [1.54, 1.807) is 24.3 Å². The lowest BCUT2D eigenvalue weighted by Crippen LogP contribution is -2.18. The number of ether oxygens (including phenoxy) is 2. The lowest BCUT2D eigenvalue weighted by atomic mass is 10.2. The van der Waals surface area contributed by atoms with Gasteiger partial charge in [0.2, 0.25) is 0 Å². The van der Waals surface area contributed by atoms with E-state index in [9.17, 15) is 4.79 Å². The Kier molecular flexibility index (Phi) is 5.67. The molecule has 2 rings (SSSR count). The van der Waals surface area contributed by atoms with Crippen LogP contribution in [0.1, 0.15) is 5.56 Å². The van der Waals surface area contributed by atoms with Crippen LogP contribution in [0.4, 0.5) is 0 Å². The van der Waals surface area contributed by atoms with Gasteiger partial charge >= 0.3 is 5.97 Å². The molecule has 0 unspecified atom stereocenters. The van der Waals surface area contributed by atoms with Gasteiger partial charge in [0.1, 0.15) is 11.5 Å². The number of esters is 1. The highest BCUT2D eigenvalue weighted by molar-refractivity contribution is 9.11. The molecule has 0 aliphatic rings. The average molecular weight is 435 g/mol. The Balaban J connectivity index is 2.01. The van der Waals surface area contributed by atoms with Crippen LogP contribution in [-0.2, 0) is 4.79 Å². The molecule has 0 radical (unpaired) electrons. The highest BCUT2D eigenvalue weighted by Crippen LogP contribution is 2.32. The van der Waals surface area contributed by atoms with Crippen LogP contribution in [-0.4, -0.2) is 12.6 Å². The van der Waals surface area contributed by atoms with Crippen molar-refractivity contribution in [2.75, 3.05) is 6.61 Å². The standard InChI is InChI=1S/C15H11Br2ClO3/c1-9-6-10(16)7-11(17)15(9)20-8-14(19)21-13-5-3-2-4-12(13)18/h2-7H,8H2,1H3. The summed E-state index contributed by atoms with van der Waals surface area (Å²) in [6.07, 6.45) is 0. The molecule has 0 aromatic heterocycles. The Bertz CT molecular complexity index is 651. The van der Waals surface area contributed by atoms with Crippen LogP contribution in [0.2, 0.25) is 5.02 Å². The second-order valence-electron chi connectivity index (χ2n) is 4.23. The summed E-state index contributed by atoms with van der Waals surface area (Å²) < 4.78 is 12.4. The van der Waals surface area contributed by atoms with Crippen LogP contribution in [0.15, 0.2) is 45.3 Å². The number of carbonyl (C=O) groups is 1. The first-order valence-corrected chi connectivity index (χ1v) is 7.97. The molecule has 21 heavy (non-hydrogen) atoms. The van der Waals surface area contributed by atoms with Crippen molar-refractivity contribution in [3.8, 4) is 11.5 Å². The van der Waals surface area contributed by atoms with Gasteiger partial charge in [0.25, 0.3) is 0 Å². The normalized spacial score (nSPS) is 10.3. The lowest BCUT2D eigenvalue weighted by Gasteiger charge is -2.11. The van der Waals surface area contributed by atoms with E-state index in [1.165, 1.54) is 0 Å². The smallest absolute Gasteiger partial charge is 0.349 e. The molecule has 0 saturated carbocycles. The number of halogens is 3. The second kappa shape index (κ2) is 7.29. The number of carbonyl (C=O) groups excluding carboxylic acids is 1. The zero-order valence-electron chi connectivity index (χ0n) is 11.0. The topological polar surface area (TPSA) is 35.5 Å². The molecule has 0 aliphatic heterocycles. The molecule has 0 saturated heterocycles. The maximum absolute atomic E-state index is 11.8. The molecule has 2 aromatic rings. The van der Waals surface area contributed by atoms with E-state index < -0.39 is 5.97 Å². The molecule has 0 atom stereocenters. The Labute approximate surface area is 144 Å². The number of benzene rings is 2. The van der Waals surface area contributed by atoms with Crippen molar-refractivity contribution in [3.05, 3.63) is 55.9 Å². The minimum atomic E-state index is -0.516. The highest BCUT2D eigenvalue weighted by atomic mass is 79.9. The number of aryl methyl sites for hydroxylation is 1. The quantitative estimate of drug-likeness (QED) is 0.493. The van der Waals surface area contributed by atoms with E-state index in [1.807, 2.05) is 19.1 Å². The summed E-state index contributed by atoms with van der Waals surface area (Å²) in [4.78, 5) is 11.8. The zero-order valence-corrected chi connectivity index (χ0v) is 15.0. The molecular formula is C15H11Br2ClO3. The van der Waals surface area contributed by atoms with Gasteiger partial charge in [0.05, 0.1) is 9.50 Å². The van der Waals surface area contributed by atoms with Gasteiger partial charge in [0, 0.05) is 4.47 Å². The highest BCUT2D eigenvalue weighted by Gasteiger charge is 2.12. The predicted molar refractivity (Wildman–Crippen MR) is 89.2 cm³/mol. The van der Waals surface area contributed by atoms with Gasteiger partial charge in [-0.15, -0.1) is 0 Å². The van der Waals surface area contributed by atoms with Crippen molar-refractivity contribution in [1.29, 1.82) is 0 Å². The number of para-hydroxylation sites is 1. The molecule has 6 heteroatoms. The van der Waals surface area contributed by atoms with E-state index in [0.29, 0.717) is 16.5 Å². The summed E-state index contributed by atoms with van der Waals surface area (Å²) in [5.74, 6) is 0.408. The van der Waals surface area contributed by atoms with E-state index in [4.69, 9.17) is 21.1 Å². The zero-order chi connectivity index (χ0) is 15.4. The average Bonchev–Trinajstić information content (AvgIpc) is 2.40. The maximum Gasteiger partial charge on any atom is 0.349 e. The van der Waals surface area contributed by atoms with Crippen LogP contribution in [0, 0.1) is 6.92 Å². The fraction of sp³-hybridized carbons (Fsp3) is 0.133. The second-order valence-corrected chi connectivity index (χ2v) is 6.40. The van der Waals surface area contributed by atoms with Crippen molar-refractivity contribution in [2.24, 2.45) is 0 Å². The van der Waals surface area contributed by atoms with Crippen LogP contribution < -0.4 is 9.47 Å². The number of hydrogen-bond donors (Lipinski definition) is 0. The molecule has 0 spiro atoms. The summed E-state index contributed by atoms with van der Waals surface area (Å²) >= 11 is 12.7. The van der Waals surface area contributed by atoms with E-state index >= 15 is 0 Å². The molecule has 110 valence electrons. The summed E-state index contributed by atoms with van der Waals surface area (Å²) in [5.41, 5.74) is 0.904. The number of rotatable bonds is 4. The van der Waals surface area contributed by atoms with Gasteiger partial charge in [-0.25, -0.2) is 4.79 Å². The fourth-order valence-electron chi connectivity index (χ4n) is 1.68. The molecule has 0 heterocycles. The first kappa shape index (κ1) is 16.3. The van der Waals surface area contributed by atoms with Gasteiger partial charge in [-0.2, -0.15) is 0 Å². The van der Waals surface area contributed by atoms with E-state index in [2.05, 4.69) is 31.9 Å². The SMILES string of the molecule is Cc1cc(Br)cc(Br)c1OCC(=O)Oc1ccccc1Cl. The van der Waals surface area contributed by atoms with Gasteiger partial charge in [0.15, 0.2) is 6.61 Å². The Morgan fingerprint density at radius 3 is 2.62 bits per heavy atom. The third kappa shape index (κ3) is 4.46. The molecule has 0 N–H and O–H groups in total. The molecule has 0 amide bonds. The molecule has 3 nitrogen and oxygen atoms in total. The van der Waals surface area contributed by atoms with Crippen molar-refractivity contribution in [2.45, 2.75) is 6.92 Å². The van der Waals surface area contributed by atoms with Crippen LogP contribution in [0.5, 0.6) is 11.5 Å². The van der Waals surface area contributed by atoms with Crippen molar-refractivity contribution in [3.63, 3.8) is 0 Å². The van der Waals surface area contributed by atoms with Crippen LogP contribution in [0.25, 0.3) is 0 Å². The monoisotopic (exact) mass is 432 g/mol. The van der Waals surface area contributed by atoms with Gasteiger partial charge in [-0.1, -0.05) is 39.7 Å². The van der Waals surface area contributed by atoms with Gasteiger partial charge < -0.3 is 9.47 Å². The lowest BCUT2D eigenvalue weighted by molar-refractivity contribution is -0.136. The molecule has 2 aromatic carbocycles. The van der Waals surface area contributed by atoms with E-state index in [-0.39, 0.29) is 6.61 Å².